The second-order valence-corrected chi connectivity index (χ2v) is 6.14. The zero-order valence-electron chi connectivity index (χ0n) is 12.2. The summed E-state index contributed by atoms with van der Waals surface area (Å²) < 4.78 is 3.35. The fourth-order valence-electron chi connectivity index (χ4n) is 2.13. The monoisotopic (exact) mass is 276 g/mol. The van der Waals surface area contributed by atoms with Crippen molar-refractivity contribution in [2.24, 2.45) is 10.9 Å². The Morgan fingerprint density at radius 2 is 2.05 bits per heavy atom. The number of benzene rings is 1. The Morgan fingerprint density at radius 3 is 2.63 bits per heavy atom. The summed E-state index contributed by atoms with van der Waals surface area (Å²) in [5.74, 6) is -0.110. The molecule has 1 aromatic heterocycles. The van der Waals surface area contributed by atoms with Gasteiger partial charge in [-0.15, -0.1) is 0 Å². The van der Waals surface area contributed by atoms with Gasteiger partial charge in [0, 0.05) is 12.5 Å². The molecule has 0 saturated carbocycles. The summed E-state index contributed by atoms with van der Waals surface area (Å²) in [6.45, 7) is 10.9. The molecule has 0 bridgehead atoms. The maximum atomic E-state index is 11.8. The Hall–Kier alpha value is -1.42. The molecule has 0 aliphatic rings. The van der Waals surface area contributed by atoms with Gasteiger partial charge in [-0.1, -0.05) is 31.3 Å². The quantitative estimate of drug-likeness (QED) is 0.827. The third kappa shape index (κ3) is 2.63. The van der Waals surface area contributed by atoms with E-state index in [1.165, 1.54) is 21.3 Å². The molecule has 3 nitrogen and oxygen atoms in total. The van der Waals surface area contributed by atoms with Crippen LogP contribution in [0.1, 0.15) is 31.9 Å². The van der Waals surface area contributed by atoms with Gasteiger partial charge >= 0.3 is 0 Å². The molecule has 102 valence electrons. The van der Waals surface area contributed by atoms with Crippen molar-refractivity contribution in [1.29, 1.82) is 0 Å². The summed E-state index contributed by atoms with van der Waals surface area (Å²) >= 11 is 1.60. The molecule has 1 aromatic carbocycles. The van der Waals surface area contributed by atoms with E-state index in [4.69, 9.17) is 0 Å². The molecule has 4 heteroatoms. The van der Waals surface area contributed by atoms with Crippen LogP contribution in [0.3, 0.4) is 0 Å². The van der Waals surface area contributed by atoms with Crippen LogP contribution in [-0.2, 0) is 11.3 Å². The Bertz CT molecular complexity index is 692. The van der Waals surface area contributed by atoms with Crippen molar-refractivity contribution in [3.8, 4) is 0 Å². The van der Waals surface area contributed by atoms with Gasteiger partial charge < -0.3 is 4.57 Å². The Balaban J connectivity index is 2.76. The maximum absolute atomic E-state index is 11.8. The van der Waals surface area contributed by atoms with Crippen molar-refractivity contribution in [2.75, 3.05) is 0 Å². The van der Waals surface area contributed by atoms with Gasteiger partial charge in [0.15, 0.2) is 4.80 Å². The van der Waals surface area contributed by atoms with Gasteiger partial charge in [0.1, 0.15) is 0 Å². The molecule has 0 aliphatic carbocycles. The molecule has 1 amide bonds. The summed E-state index contributed by atoms with van der Waals surface area (Å²) in [6.07, 6.45) is 0. The Kier molecular flexibility index (Phi) is 3.90. The number of nitrogens with zero attached hydrogens (tertiary/aromatic N) is 2. The topological polar surface area (TPSA) is 34.4 Å². The minimum Gasteiger partial charge on any atom is -0.317 e. The van der Waals surface area contributed by atoms with Crippen LogP contribution in [0.15, 0.2) is 17.1 Å². The average molecular weight is 276 g/mol. The summed E-state index contributed by atoms with van der Waals surface area (Å²) in [6, 6.07) is 4.34. The highest BCUT2D eigenvalue weighted by Crippen LogP contribution is 2.23. The van der Waals surface area contributed by atoms with Gasteiger partial charge in [-0.05, 0) is 38.0 Å². The van der Waals surface area contributed by atoms with Crippen molar-refractivity contribution in [1.82, 2.24) is 4.57 Å². The van der Waals surface area contributed by atoms with Gasteiger partial charge in [0.25, 0.3) is 5.91 Å². The number of fused-ring (bicyclic) bond motifs is 1. The van der Waals surface area contributed by atoms with E-state index in [0.29, 0.717) is 0 Å². The molecule has 0 unspecified atom stereocenters. The third-order valence-electron chi connectivity index (χ3n) is 3.13. The molecule has 2 aromatic rings. The molecular formula is C15H20N2OS. The highest BCUT2D eigenvalue weighted by atomic mass is 32.1. The van der Waals surface area contributed by atoms with Crippen molar-refractivity contribution < 1.29 is 4.79 Å². The second-order valence-electron chi connectivity index (χ2n) is 5.16. The third-order valence-corrected chi connectivity index (χ3v) is 4.36. The van der Waals surface area contributed by atoms with Gasteiger partial charge in [-0.25, -0.2) is 0 Å². The zero-order valence-corrected chi connectivity index (χ0v) is 13.0. The van der Waals surface area contributed by atoms with E-state index in [9.17, 15) is 4.79 Å². The van der Waals surface area contributed by atoms with E-state index in [2.05, 4.69) is 42.5 Å². The van der Waals surface area contributed by atoms with Gasteiger partial charge in [0.2, 0.25) is 0 Å². The van der Waals surface area contributed by atoms with Gasteiger partial charge in [-0.3, -0.25) is 4.79 Å². The number of thiazole rings is 1. The van der Waals surface area contributed by atoms with Crippen LogP contribution in [0.4, 0.5) is 0 Å². The lowest BCUT2D eigenvalue weighted by Gasteiger charge is -2.03. The molecule has 0 atom stereocenters. The highest BCUT2D eigenvalue weighted by molar-refractivity contribution is 7.16. The number of aryl methyl sites for hydroxylation is 3. The van der Waals surface area contributed by atoms with E-state index in [1.54, 1.807) is 11.3 Å². The first-order valence-electron chi connectivity index (χ1n) is 6.63. The van der Waals surface area contributed by atoms with Crippen LogP contribution in [0.2, 0.25) is 0 Å². The molecule has 1 heterocycles. The molecule has 2 rings (SSSR count). The predicted octanol–water partition coefficient (Wildman–Crippen LogP) is 3.42. The lowest BCUT2D eigenvalue weighted by molar-refractivity contribution is -0.120. The lowest BCUT2D eigenvalue weighted by Crippen LogP contribution is -2.17. The second kappa shape index (κ2) is 5.29. The van der Waals surface area contributed by atoms with Crippen LogP contribution in [0.5, 0.6) is 0 Å². The highest BCUT2D eigenvalue weighted by Gasteiger charge is 2.10. The molecular weight excluding hydrogens is 256 g/mol. The summed E-state index contributed by atoms with van der Waals surface area (Å²) in [7, 11) is 0. The van der Waals surface area contributed by atoms with Crippen molar-refractivity contribution in [3.63, 3.8) is 0 Å². The molecule has 0 N–H and O–H groups in total. The molecule has 0 saturated heterocycles. The summed E-state index contributed by atoms with van der Waals surface area (Å²) in [4.78, 5) is 16.9. The fourth-order valence-corrected chi connectivity index (χ4v) is 3.28. The standard InChI is InChI=1S/C15H20N2OS/c1-6-17-12-8-10(4)7-11(5)13(12)19-15(17)16-14(18)9(2)3/h7-9H,6H2,1-5H3. The first-order valence-corrected chi connectivity index (χ1v) is 7.44. The van der Waals surface area contributed by atoms with Gasteiger partial charge in [-0.2, -0.15) is 4.99 Å². The maximum Gasteiger partial charge on any atom is 0.250 e. The first-order chi connectivity index (χ1) is 8.93. The summed E-state index contributed by atoms with van der Waals surface area (Å²) in [5, 5.41) is 0. The number of hydrogen-bond donors (Lipinski definition) is 0. The van der Waals surface area contributed by atoms with Crippen LogP contribution < -0.4 is 4.80 Å². The Morgan fingerprint density at radius 1 is 1.37 bits per heavy atom. The van der Waals surface area contributed by atoms with Crippen molar-refractivity contribution >= 4 is 27.5 Å². The molecule has 0 radical (unpaired) electrons. The predicted molar refractivity (Wildman–Crippen MR) is 80.4 cm³/mol. The molecule has 0 spiro atoms. The Labute approximate surface area is 117 Å². The number of amides is 1. The number of aromatic nitrogens is 1. The van der Waals surface area contributed by atoms with E-state index >= 15 is 0 Å². The SMILES string of the molecule is CCn1c(=NC(=O)C(C)C)sc2c(C)cc(C)cc21. The minimum atomic E-state index is -0.0571. The van der Waals surface area contributed by atoms with Crippen molar-refractivity contribution in [2.45, 2.75) is 41.2 Å². The smallest absolute Gasteiger partial charge is 0.250 e. The van der Waals surface area contributed by atoms with Crippen LogP contribution in [-0.4, -0.2) is 10.5 Å². The normalized spacial score (nSPS) is 12.6. The summed E-state index contributed by atoms with van der Waals surface area (Å²) in [5.41, 5.74) is 3.67. The van der Waals surface area contributed by atoms with Crippen LogP contribution in [0, 0.1) is 19.8 Å². The minimum absolute atomic E-state index is 0.0527. The van der Waals surface area contributed by atoms with Crippen molar-refractivity contribution in [3.05, 3.63) is 28.1 Å². The van der Waals surface area contributed by atoms with E-state index < -0.39 is 0 Å². The largest absolute Gasteiger partial charge is 0.317 e. The van der Waals surface area contributed by atoms with Crippen LogP contribution in [0.25, 0.3) is 10.2 Å². The number of carbonyl (C=O) groups is 1. The van der Waals surface area contributed by atoms with E-state index in [-0.39, 0.29) is 11.8 Å². The molecule has 0 aliphatic heterocycles. The molecule has 19 heavy (non-hydrogen) atoms. The zero-order chi connectivity index (χ0) is 14.2. The fraction of sp³-hybridized carbons (Fsp3) is 0.467. The number of rotatable bonds is 2. The van der Waals surface area contributed by atoms with E-state index in [1.807, 2.05) is 13.8 Å². The number of hydrogen-bond acceptors (Lipinski definition) is 2. The van der Waals surface area contributed by atoms with Gasteiger partial charge in [0.05, 0.1) is 10.2 Å². The molecule has 0 fully saturated rings. The first kappa shape index (κ1) is 14.0. The van der Waals surface area contributed by atoms with E-state index in [0.717, 1.165) is 11.3 Å². The number of carbonyl (C=O) groups excluding carboxylic acids is 1. The van der Waals surface area contributed by atoms with Crippen LogP contribution >= 0.6 is 11.3 Å². The average Bonchev–Trinajstić information content (AvgIpc) is 2.66. The lowest BCUT2D eigenvalue weighted by atomic mass is 10.1.